The fourth-order valence-corrected chi connectivity index (χ4v) is 7.16. The van der Waals surface area contributed by atoms with E-state index in [4.69, 9.17) is 15.9 Å². The summed E-state index contributed by atoms with van der Waals surface area (Å²) >= 11 is 0. The Balaban J connectivity index is 1.36. The molecule has 0 spiro atoms. The van der Waals surface area contributed by atoms with Gasteiger partial charge >= 0.3 is 0 Å². The van der Waals surface area contributed by atoms with Crippen LogP contribution >= 0.6 is 0 Å². The maximum atomic E-state index is 13.3. The summed E-state index contributed by atoms with van der Waals surface area (Å²) in [5.41, 5.74) is -0.820. The van der Waals surface area contributed by atoms with Crippen LogP contribution in [0.15, 0.2) is 40.2 Å². The second-order valence-corrected chi connectivity index (χ2v) is 12.4. The van der Waals surface area contributed by atoms with Gasteiger partial charge in [0, 0.05) is 36.8 Å². The van der Waals surface area contributed by atoms with Crippen molar-refractivity contribution >= 4 is 27.0 Å². The summed E-state index contributed by atoms with van der Waals surface area (Å²) in [5.74, 6) is 3.58. The number of hydrogen-bond donors (Lipinski definition) is 2. The zero-order valence-corrected chi connectivity index (χ0v) is 23.6. The lowest BCUT2D eigenvalue weighted by molar-refractivity contribution is 0.0266. The minimum absolute atomic E-state index is 0.0750. The van der Waals surface area contributed by atoms with E-state index in [1.807, 2.05) is 0 Å². The van der Waals surface area contributed by atoms with Gasteiger partial charge < -0.3 is 19.9 Å². The number of ether oxygens (including phenoxy) is 2. The monoisotopic (exact) mass is 567 g/mol. The number of rotatable bonds is 7. The molecule has 2 atom stereocenters. The number of nitrogens with zero attached hydrogens (tertiary/aromatic N) is 4. The fraction of sp³-hybridized carbons (Fsp3) is 0.464. The van der Waals surface area contributed by atoms with Gasteiger partial charge in [0.15, 0.2) is 11.5 Å². The highest BCUT2D eigenvalue weighted by Gasteiger charge is 2.40. The number of piperidine rings is 1. The van der Waals surface area contributed by atoms with Crippen molar-refractivity contribution in [1.82, 2.24) is 18.8 Å². The molecule has 2 aliphatic rings. The second-order valence-electron chi connectivity index (χ2n) is 10.5. The molecule has 3 aromatic rings. The number of methoxy groups -OCH3 is 2. The third kappa shape index (κ3) is 5.00. The number of fused-ring (bicyclic) bond motifs is 1. The van der Waals surface area contributed by atoms with E-state index in [1.165, 1.54) is 35.2 Å². The Kier molecular flexibility index (Phi) is 7.48. The molecule has 12 heteroatoms. The molecule has 0 unspecified atom stereocenters. The third-order valence-electron chi connectivity index (χ3n) is 7.90. The molecule has 0 radical (unpaired) electrons. The largest absolute Gasteiger partial charge is 0.493 e. The summed E-state index contributed by atoms with van der Waals surface area (Å²) in [7, 11) is -0.764. The molecule has 40 heavy (non-hydrogen) atoms. The van der Waals surface area contributed by atoms with Crippen LogP contribution in [0.5, 0.6) is 11.5 Å². The highest BCUT2D eigenvalue weighted by Crippen LogP contribution is 2.39. The van der Waals surface area contributed by atoms with Gasteiger partial charge in [-0.2, -0.15) is 9.29 Å². The normalized spacial score (nSPS) is 22.2. The van der Waals surface area contributed by atoms with E-state index in [1.54, 1.807) is 25.3 Å². The molecule has 1 aliphatic carbocycles. The van der Waals surface area contributed by atoms with Gasteiger partial charge in [-0.05, 0) is 57.2 Å². The first-order valence-electron chi connectivity index (χ1n) is 13.2. The Morgan fingerprint density at radius 3 is 2.50 bits per heavy atom. The molecular weight excluding hydrogens is 534 g/mol. The highest BCUT2D eigenvalue weighted by molar-refractivity contribution is 7.89. The van der Waals surface area contributed by atoms with Gasteiger partial charge in [-0.1, -0.05) is 5.92 Å². The molecule has 1 aromatic carbocycles. The van der Waals surface area contributed by atoms with Crippen LogP contribution in [0, 0.1) is 12.3 Å². The summed E-state index contributed by atoms with van der Waals surface area (Å²) in [5, 5.41) is 14.9. The first-order valence-corrected chi connectivity index (χ1v) is 14.6. The summed E-state index contributed by atoms with van der Waals surface area (Å²) < 4.78 is 40.0. The lowest BCUT2D eigenvalue weighted by Gasteiger charge is -2.32. The van der Waals surface area contributed by atoms with Gasteiger partial charge in [-0.25, -0.2) is 13.4 Å². The van der Waals surface area contributed by atoms with Crippen LogP contribution in [0.4, 0.5) is 5.95 Å². The summed E-state index contributed by atoms with van der Waals surface area (Å²) in [6, 6.07) is 5.62. The number of aliphatic hydroxyl groups is 1. The second kappa shape index (κ2) is 10.7. The summed E-state index contributed by atoms with van der Waals surface area (Å²) in [4.78, 5) is 22.5. The zero-order chi connectivity index (χ0) is 28.7. The van der Waals surface area contributed by atoms with Crippen LogP contribution in [0.25, 0.3) is 11.0 Å². The number of anilines is 1. The number of nitrogens with one attached hydrogen (secondary N) is 1. The number of pyridine rings is 1. The topological polar surface area (TPSA) is 136 Å². The van der Waals surface area contributed by atoms with Crippen molar-refractivity contribution in [3.05, 3.63) is 46.4 Å². The van der Waals surface area contributed by atoms with Gasteiger partial charge in [0.25, 0.3) is 5.56 Å². The molecule has 1 saturated heterocycles. The van der Waals surface area contributed by atoms with E-state index in [9.17, 15) is 18.3 Å². The van der Waals surface area contributed by atoms with Crippen LogP contribution in [0.3, 0.4) is 0 Å². The summed E-state index contributed by atoms with van der Waals surface area (Å²) in [6.07, 6.45) is 10.3. The average Bonchev–Trinajstić information content (AvgIpc) is 3.30. The van der Waals surface area contributed by atoms with Crippen molar-refractivity contribution in [3.8, 4) is 23.8 Å². The van der Waals surface area contributed by atoms with Gasteiger partial charge in [0.05, 0.1) is 36.3 Å². The van der Waals surface area contributed by atoms with Crippen LogP contribution in [-0.2, 0) is 10.0 Å². The standard InChI is InChI=1S/C28H33N5O6S/c1-5-18-15-19-17-29-27(31-25(19)33(26(18)34)24-7-6-12-28(24,2)35)30-20-10-13-32(14-11-20)40(36,37)21-8-9-22(38-3)23(16-21)39-4/h1,8-9,15-17,20,24,35H,6-7,10-14H2,2-4H3,(H,29,30,31)/t24-,28-/m1/s1. The Morgan fingerprint density at radius 1 is 1.15 bits per heavy atom. The van der Waals surface area contributed by atoms with E-state index < -0.39 is 21.7 Å². The van der Waals surface area contributed by atoms with Gasteiger partial charge in [-0.3, -0.25) is 9.36 Å². The van der Waals surface area contributed by atoms with Gasteiger partial charge in [0.1, 0.15) is 5.65 Å². The van der Waals surface area contributed by atoms with Crippen molar-refractivity contribution in [2.24, 2.45) is 0 Å². The Bertz CT molecular complexity index is 1640. The van der Waals surface area contributed by atoms with Gasteiger partial charge in [0.2, 0.25) is 16.0 Å². The Morgan fingerprint density at radius 2 is 1.88 bits per heavy atom. The molecule has 2 fully saturated rings. The number of hydrogen-bond acceptors (Lipinski definition) is 9. The molecule has 11 nitrogen and oxygen atoms in total. The van der Waals surface area contributed by atoms with Crippen LogP contribution < -0.4 is 20.3 Å². The van der Waals surface area contributed by atoms with Crippen molar-refractivity contribution in [2.75, 3.05) is 32.6 Å². The predicted molar refractivity (Wildman–Crippen MR) is 150 cm³/mol. The first kappa shape index (κ1) is 27.9. The van der Waals surface area contributed by atoms with E-state index in [0.717, 1.165) is 6.42 Å². The number of aromatic nitrogens is 3. The quantitative estimate of drug-likeness (QED) is 0.413. The van der Waals surface area contributed by atoms with E-state index >= 15 is 0 Å². The smallest absolute Gasteiger partial charge is 0.268 e. The fourth-order valence-electron chi connectivity index (χ4n) is 5.67. The van der Waals surface area contributed by atoms with Crippen LogP contribution in [0.1, 0.15) is 50.6 Å². The molecule has 1 aliphatic heterocycles. The number of sulfonamides is 1. The molecule has 2 aromatic heterocycles. The van der Waals surface area contributed by atoms with E-state index in [0.29, 0.717) is 67.3 Å². The third-order valence-corrected chi connectivity index (χ3v) is 9.79. The number of benzene rings is 1. The number of terminal acetylenes is 1. The zero-order valence-electron chi connectivity index (χ0n) is 22.8. The molecule has 3 heterocycles. The molecule has 0 bridgehead atoms. The van der Waals surface area contributed by atoms with Crippen LogP contribution in [0.2, 0.25) is 0 Å². The molecule has 0 amide bonds. The Labute approximate surface area is 233 Å². The lowest BCUT2D eigenvalue weighted by atomic mass is 9.99. The average molecular weight is 568 g/mol. The maximum Gasteiger partial charge on any atom is 0.268 e. The molecule has 212 valence electrons. The first-order chi connectivity index (χ1) is 19.1. The predicted octanol–water partition coefficient (Wildman–Crippen LogP) is 2.53. The van der Waals surface area contributed by atoms with Crippen molar-refractivity contribution in [2.45, 2.75) is 61.6 Å². The van der Waals surface area contributed by atoms with E-state index in [2.05, 4.69) is 21.2 Å². The van der Waals surface area contributed by atoms with E-state index in [-0.39, 0.29) is 22.1 Å². The van der Waals surface area contributed by atoms with Crippen LogP contribution in [-0.4, -0.2) is 71.3 Å². The summed E-state index contributed by atoms with van der Waals surface area (Å²) in [6.45, 7) is 2.35. The minimum atomic E-state index is -3.72. The molecule has 5 rings (SSSR count). The molecule has 2 N–H and O–H groups in total. The molecule has 1 saturated carbocycles. The van der Waals surface area contributed by atoms with Gasteiger partial charge in [-0.15, -0.1) is 6.42 Å². The van der Waals surface area contributed by atoms with Crippen molar-refractivity contribution in [1.29, 1.82) is 0 Å². The van der Waals surface area contributed by atoms with Crippen molar-refractivity contribution in [3.63, 3.8) is 0 Å². The molecular formula is C28H33N5O6S. The SMILES string of the molecule is C#Cc1cc2cnc(NC3CCN(S(=O)(=O)c4ccc(OC)c(OC)c4)CC3)nc2n([C@@H]2CCC[C@@]2(C)O)c1=O. The Hall–Kier alpha value is -3.66. The minimum Gasteiger partial charge on any atom is -0.493 e. The van der Waals surface area contributed by atoms with Crippen molar-refractivity contribution < 1.29 is 23.0 Å². The highest BCUT2D eigenvalue weighted by atomic mass is 32.2. The lowest BCUT2D eigenvalue weighted by Crippen LogP contribution is -2.42. The maximum absolute atomic E-state index is 13.3.